The van der Waals surface area contributed by atoms with Gasteiger partial charge in [-0.15, -0.1) is 0 Å². The summed E-state index contributed by atoms with van der Waals surface area (Å²) >= 11 is 0. The van der Waals surface area contributed by atoms with E-state index in [-0.39, 0.29) is 0 Å². The third-order valence-electron chi connectivity index (χ3n) is 11.0. The van der Waals surface area contributed by atoms with Crippen LogP contribution in [0, 0.1) is 0 Å². The molecule has 0 atom stereocenters. The van der Waals surface area contributed by atoms with Crippen molar-refractivity contribution in [2.24, 2.45) is 0 Å². The van der Waals surface area contributed by atoms with Crippen LogP contribution in [-0.4, -0.2) is 0 Å². The Hall–Kier alpha value is -7.48. The number of nitrogens with zero attached hydrogens (tertiary/aromatic N) is 1. The van der Waals surface area contributed by atoms with Gasteiger partial charge in [-0.3, -0.25) is 0 Å². The van der Waals surface area contributed by atoms with Crippen LogP contribution in [0.5, 0.6) is 0 Å². The molecule has 0 fully saturated rings. The van der Waals surface area contributed by atoms with Crippen LogP contribution >= 0.6 is 0 Å². The zero-order valence-electron chi connectivity index (χ0n) is 31.5. The maximum atomic E-state index is 2.50. The molecule has 268 valence electrons. The number of hydrogen-bond acceptors (Lipinski definition) is 1. The van der Waals surface area contributed by atoms with Gasteiger partial charge in [0.05, 0.1) is 11.4 Å². The molecule has 10 aromatic rings. The molecule has 0 aliphatic rings. The van der Waals surface area contributed by atoms with Gasteiger partial charge in [0.25, 0.3) is 0 Å². The summed E-state index contributed by atoms with van der Waals surface area (Å²) in [6.07, 6.45) is 0. The van der Waals surface area contributed by atoms with Crippen LogP contribution in [0.4, 0.5) is 17.1 Å². The number of benzene rings is 10. The molecule has 57 heavy (non-hydrogen) atoms. The Bertz CT molecular complexity index is 2950. The minimum absolute atomic E-state index is 1.08. The van der Waals surface area contributed by atoms with E-state index in [9.17, 15) is 0 Å². The van der Waals surface area contributed by atoms with Gasteiger partial charge in [-0.25, -0.2) is 0 Å². The lowest BCUT2D eigenvalue weighted by Crippen LogP contribution is -2.13. The van der Waals surface area contributed by atoms with Gasteiger partial charge in [-0.1, -0.05) is 200 Å². The molecule has 0 aliphatic heterocycles. The number of fused-ring (bicyclic) bond motifs is 3. The summed E-state index contributed by atoms with van der Waals surface area (Å²) in [6, 6.07) is 85.8. The lowest BCUT2D eigenvalue weighted by Gasteiger charge is -2.31. The summed E-state index contributed by atoms with van der Waals surface area (Å²) in [4.78, 5) is 2.50. The fourth-order valence-corrected chi connectivity index (χ4v) is 8.40. The number of para-hydroxylation sites is 2. The Morgan fingerprint density at radius 2 is 0.649 bits per heavy atom. The van der Waals surface area contributed by atoms with Crippen molar-refractivity contribution in [3.8, 4) is 55.6 Å². The third kappa shape index (κ3) is 6.46. The van der Waals surface area contributed by atoms with E-state index < -0.39 is 0 Å². The smallest absolute Gasteiger partial charge is 0.0540 e. The molecule has 0 aromatic heterocycles. The highest BCUT2D eigenvalue weighted by molar-refractivity contribution is 6.15. The third-order valence-corrected chi connectivity index (χ3v) is 11.0. The summed E-state index contributed by atoms with van der Waals surface area (Å²) < 4.78 is 0. The summed E-state index contributed by atoms with van der Waals surface area (Å²) in [6.45, 7) is 0. The van der Waals surface area contributed by atoms with Crippen LogP contribution in [-0.2, 0) is 0 Å². The quantitative estimate of drug-likeness (QED) is 0.141. The van der Waals surface area contributed by atoms with Crippen LogP contribution in [0.2, 0.25) is 0 Å². The Labute approximate surface area is 334 Å². The van der Waals surface area contributed by atoms with Gasteiger partial charge in [-0.2, -0.15) is 0 Å². The Kier molecular flexibility index (Phi) is 8.95. The molecular weight excluding hydrogens is 687 g/mol. The first-order valence-corrected chi connectivity index (χ1v) is 19.6. The number of hydrogen-bond donors (Lipinski definition) is 0. The van der Waals surface area contributed by atoms with Crippen LogP contribution in [0.1, 0.15) is 0 Å². The first-order chi connectivity index (χ1) is 28.3. The van der Waals surface area contributed by atoms with Gasteiger partial charge in [0.1, 0.15) is 0 Å². The first kappa shape index (κ1) is 34.0. The maximum absolute atomic E-state index is 2.50. The lowest BCUT2D eigenvalue weighted by molar-refractivity contribution is 1.28. The molecule has 0 N–H and O–H groups in total. The predicted molar refractivity (Wildman–Crippen MR) is 243 cm³/mol. The molecule has 0 amide bonds. The molecule has 0 heterocycles. The van der Waals surface area contributed by atoms with Gasteiger partial charge >= 0.3 is 0 Å². The highest BCUT2D eigenvalue weighted by Crippen LogP contribution is 2.49. The standard InChI is InChI=1S/C56H39N/c1-4-20-40(21-5-1)44-36-45(41-22-6-2-7-23-41)38-46(37-44)57(55-34-18-16-32-52(55)50-30-13-12-27-47(50)42-24-8-3-9-25-42)56-35-19-17-33-53(56)54-39-43-26-10-11-28-48(43)49-29-14-15-31-51(49)54/h1-39H. The van der Waals surface area contributed by atoms with E-state index in [4.69, 9.17) is 0 Å². The van der Waals surface area contributed by atoms with Crippen molar-refractivity contribution in [3.05, 3.63) is 237 Å². The van der Waals surface area contributed by atoms with Crippen molar-refractivity contribution >= 4 is 38.6 Å². The molecule has 0 saturated carbocycles. The summed E-state index contributed by atoms with van der Waals surface area (Å²) in [7, 11) is 0. The Morgan fingerprint density at radius 3 is 1.25 bits per heavy atom. The largest absolute Gasteiger partial charge is 0.309 e. The van der Waals surface area contributed by atoms with Crippen molar-refractivity contribution in [2.45, 2.75) is 0 Å². The molecule has 0 radical (unpaired) electrons. The Balaban J connectivity index is 1.29. The molecule has 10 aromatic carbocycles. The van der Waals surface area contributed by atoms with E-state index in [1.54, 1.807) is 0 Å². The predicted octanol–water partition coefficient (Wildman–Crippen LogP) is 15.8. The zero-order valence-corrected chi connectivity index (χ0v) is 31.5. The van der Waals surface area contributed by atoms with E-state index in [1.807, 2.05) is 0 Å². The van der Waals surface area contributed by atoms with Crippen LogP contribution < -0.4 is 4.90 Å². The summed E-state index contributed by atoms with van der Waals surface area (Å²) in [5.74, 6) is 0. The van der Waals surface area contributed by atoms with Gasteiger partial charge in [0, 0.05) is 16.8 Å². The van der Waals surface area contributed by atoms with Crippen LogP contribution in [0.15, 0.2) is 237 Å². The average molecular weight is 726 g/mol. The monoisotopic (exact) mass is 725 g/mol. The van der Waals surface area contributed by atoms with Gasteiger partial charge in [0.15, 0.2) is 0 Å². The van der Waals surface area contributed by atoms with Crippen molar-refractivity contribution < 1.29 is 0 Å². The van der Waals surface area contributed by atoms with Crippen molar-refractivity contribution in [1.82, 2.24) is 0 Å². The molecule has 0 unspecified atom stereocenters. The summed E-state index contributed by atoms with van der Waals surface area (Å²) in [5, 5.41) is 4.97. The van der Waals surface area contributed by atoms with Crippen molar-refractivity contribution in [2.75, 3.05) is 4.90 Å². The molecule has 1 nitrogen and oxygen atoms in total. The van der Waals surface area contributed by atoms with Gasteiger partial charge in [-0.05, 0) is 102 Å². The number of rotatable bonds is 8. The molecular formula is C56H39N. The highest BCUT2D eigenvalue weighted by atomic mass is 15.1. The molecule has 0 saturated heterocycles. The zero-order chi connectivity index (χ0) is 38.0. The second-order valence-corrected chi connectivity index (χ2v) is 14.5. The van der Waals surface area contributed by atoms with Crippen molar-refractivity contribution in [1.29, 1.82) is 0 Å². The van der Waals surface area contributed by atoms with Gasteiger partial charge in [0.2, 0.25) is 0 Å². The summed E-state index contributed by atoms with van der Waals surface area (Å²) in [5.41, 5.74) is 15.0. The Morgan fingerprint density at radius 1 is 0.228 bits per heavy atom. The van der Waals surface area contributed by atoms with Crippen LogP contribution in [0.25, 0.3) is 77.2 Å². The molecule has 0 bridgehead atoms. The topological polar surface area (TPSA) is 3.24 Å². The maximum Gasteiger partial charge on any atom is 0.0540 e. The minimum Gasteiger partial charge on any atom is -0.309 e. The molecule has 0 aliphatic carbocycles. The molecule has 10 rings (SSSR count). The fourth-order valence-electron chi connectivity index (χ4n) is 8.40. The lowest BCUT2D eigenvalue weighted by atomic mass is 9.90. The highest BCUT2D eigenvalue weighted by Gasteiger charge is 2.24. The number of anilines is 3. The second-order valence-electron chi connectivity index (χ2n) is 14.5. The van der Waals surface area contributed by atoms with Crippen molar-refractivity contribution in [3.63, 3.8) is 0 Å². The van der Waals surface area contributed by atoms with Gasteiger partial charge < -0.3 is 4.90 Å². The van der Waals surface area contributed by atoms with E-state index in [0.29, 0.717) is 0 Å². The minimum atomic E-state index is 1.08. The molecule has 1 heteroatoms. The van der Waals surface area contributed by atoms with Crippen LogP contribution in [0.3, 0.4) is 0 Å². The van der Waals surface area contributed by atoms with E-state index in [1.165, 1.54) is 54.9 Å². The van der Waals surface area contributed by atoms with E-state index >= 15 is 0 Å². The first-order valence-electron chi connectivity index (χ1n) is 19.6. The SMILES string of the molecule is c1ccc(-c2cc(-c3ccccc3)cc(N(c3ccccc3-c3ccccc3-c3ccccc3)c3ccccc3-c3cc4ccccc4c4ccccc34)c2)cc1. The molecule has 0 spiro atoms. The fraction of sp³-hybridized carbons (Fsp3) is 0. The average Bonchev–Trinajstić information content (AvgIpc) is 3.30. The normalized spacial score (nSPS) is 11.2. The second kappa shape index (κ2) is 15.0. The van der Waals surface area contributed by atoms with E-state index in [2.05, 4.69) is 241 Å². The van der Waals surface area contributed by atoms with E-state index in [0.717, 1.165) is 39.3 Å².